The molecule has 1 aliphatic carbocycles. The molecule has 35 heavy (non-hydrogen) atoms. The maximum absolute atomic E-state index is 13.5. The van der Waals surface area contributed by atoms with Gasteiger partial charge in [0, 0.05) is 36.8 Å². The van der Waals surface area contributed by atoms with Crippen molar-refractivity contribution in [3.05, 3.63) is 23.5 Å². The molecule has 0 aromatic carbocycles. The van der Waals surface area contributed by atoms with Crippen molar-refractivity contribution < 1.29 is 22.7 Å². The molecule has 2 fully saturated rings. The molecule has 0 N–H and O–H groups in total. The number of sulfone groups is 1. The molecule has 190 valence electrons. The van der Waals surface area contributed by atoms with E-state index in [1.54, 1.807) is 11.0 Å². The van der Waals surface area contributed by atoms with Crippen LogP contribution >= 0.6 is 0 Å². The van der Waals surface area contributed by atoms with Gasteiger partial charge in [0.25, 0.3) is 5.91 Å². The predicted octanol–water partition coefficient (Wildman–Crippen LogP) is 2.15. The van der Waals surface area contributed by atoms with Gasteiger partial charge in [0.1, 0.15) is 6.61 Å². The number of ether oxygens (including phenoxy) is 2. The molecule has 0 radical (unpaired) electrons. The van der Waals surface area contributed by atoms with E-state index in [1.807, 2.05) is 23.7 Å². The molecule has 0 bridgehead atoms. The number of rotatable bonds is 6. The Hall–Kier alpha value is -2.50. The van der Waals surface area contributed by atoms with Crippen LogP contribution in [0.1, 0.15) is 54.2 Å². The van der Waals surface area contributed by atoms with Crippen molar-refractivity contribution in [3.8, 4) is 17.1 Å². The zero-order valence-electron chi connectivity index (χ0n) is 20.4. The molecule has 1 saturated heterocycles. The Balaban J connectivity index is 1.62. The van der Waals surface area contributed by atoms with Gasteiger partial charge in [-0.15, -0.1) is 0 Å². The summed E-state index contributed by atoms with van der Waals surface area (Å²) in [4.78, 5) is 21.7. The zero-order valence-corrected chi connectivity index (χ0v) is 21.2. The molecule has 2 aliphatic heterocycles. The van der Waals surface area contributed by atoms with Crippen molar-refractivity contribution in [3.63, 3.8) is 0 Å². The van der Waals surface area contributed by atoms with Gasteiger partial charge in [-0.05, 0) is 26.9 Å². The summed E-state index contributed by atoms with van der Waals surface area (Å²) < 4.78 is 39.8. The van der Waals surface area contributed by atoms with Crippen molar-refractivity contribution >= 4 is 15.7 Å². The lowest BCUT2D eigenvalue weighted by Crippen LogP contribution is -2.41. The van der Waals surface area contributed by atoms with E-state index >= 15 is 0 Å². The largest absolute Gasteiger partial charge is 0.476 e. The number of hydrogen-bond donors (Lipinski definition) is 0. The van der Waals surface area contributed by atoms with Crippen LogP contribution in [0.3, 0.4) is 0 Å². The molecule has 11 heteroatoms. The molecular formula is C24H33N5O5S. The summed E-state index contributed by atoms with van der Waals surface area (Å²) in [6, 6.07) is 1.83. The SMILES string of the molecule is CN(C)CCOc1cc2c(cn1)S(=O)(=O)Cc1c(C(=O)N3CCOCC3)nn(C3CCCCC3)c1-2. The summed E-state index contributed by atoms with van der Waals surface area (Å²) in [6.07, 6.45) is 6.66. The molecule has 2 aromatic heterocycles. The van der Waals surface area contributed by atoms with E-state index in [2.05, 4.69) is 4.98 Å². The first-order chi connectivity index (χ1) is 16.8. The van der Waals surface area contributed by atoms with Gasteiger partial charge in [-0.2, -0.15) is 5.10 Å². The van der Waals surface area contributed by atoms with Crippen LogP contribution in [0, 0.1) is 0 Å². The molecule has 4 heterocycles. The third-order valence-electron chi connectivity index (χ3n) is 6.99. The second-order valence-corrected chi connectivity index (χ2v) is 11.7. The number of fused-ring (bicyclic) bond motifs is 3. The average molecular weight is 504 g/mol. The molecular weight excluding hydrogens is 470 g/mol. The number of nitrogens with zero attached hydrogens (tertiary/aromatic N) is 5. The lowest BCUT2D eigenvalue weighted by atomic mass is 9.95. The molecule has 5 rings (SSSR count). The highest BCUT2D eigenvalue weighted by Crippen LogP contribution is 2.43. The number of hydrogen-bond acceptors (Lipinski definition) is 8. The second-order valence-electron chi connectivity index (χ2n) is 9.75. The van der Waals surface area contributed by atoms with E-state index in [1.165, 1.54) is 12.6 Å². The van der Waals surface area contributed by atoms with Crippen molar-refractivity contribution in [1.29, 1.82) is 0 Å². The van der Waals surface area contributed by atoms with E-state index in [9.17, 15) is 13.2 Å². The van der Waals surface area contributed by atoms with E-state index in [4.69, 9.17) is 14.6 Å². The number of aromatic nitrogens is 3. The molecule has 10 nitrogen and oxygen atoms in total. The van der Waals surface area contributed by atoms with Gasteiger partial charge in [0.15, 0.2) is 15.5 Å². The van der Waals surface area contributed by atoms with Gasteiger partial charge >= 0.3 is 0 Å². The molecule has 3 aliphatic rings. The fraction of sp³-hybridized carbons (Fsp3) is 0.625. The molecule has 1 amide bonds. The van der Waals surface area contributed by atoms with Crippen LogP contribution in [0.25, 0.3) is 11.3 Å². The summed E-state index contributed by atoms with van der Waals surface area (Å²) in [6.45, 7) is 3.03. The van der Waals surface area contributed by atoms with Crippen molar-refractivity contribution in [2.24, 2.45) is 0 Å². The van der Waals surface area contributed by atoms with Crippen molar-refractivity contribution in [1.82, 2.24) is 24.6 Å². The van der Waals surface area contributed by atoms with Crippen molar-refractivity contribution in [2.75, 3.05) is 53.6 Å². The van der Waals surface area contributed by atoms with E-state index in [-0.39, 0.29) is 28.3 Å². The Morgan fingerprint density at radius 3 is 2.66 bits per heavy atom. The van der Waals surface area contributed by atoms with Gasteiger partial charge in [-0.25, -0.2) is 13.4 Å². The van der Waals surface area contributed by atoms with Crippen molar-refractivity contribution in [2.45, 2.75) is 48.8 Å². The van der Waals surface area contributed by atoms with E-state index in [0.29, 0.717) is 56.5 Å². The number of carbonyl (C=O) groups is 1. The Morgan fingerprint density at radius 1 is 1.20 bits per heavy atom. The minimum atomic E-state index is -3.69. The topological polar surface area (TPSA) is 107 Å². The predicted molar refractivity (Wildman–Crippen MR) is 129 cm³/mol. The van der Waals surface area contributed by atoms with E-state index in [0.717, 1.165) is 31.4 Å². The van der Waals surface area contributed by atoms with Crippen LogP contribution in [0.4, 0.5) is 0 Å². The minimum Gasteiger partial charge on any atom is -0.476 e. The highest BCUT2D eigenvalue weighted by molar-refractivity contribution is 7.90. The second kappa shape index (κ2) is 9.87. The Kier molecular flexibility index (Phi) is 6.82. The summed E-state index contributed by atoms with van der Waals surface area (Å²) >= 11 is 0. The van der Waals surface area contributed by atoms with Crippen LogP contribution in [0.2, 0.25) is 0 Å². The lowest BCUT2D eigenvalue weighted by molar-refractivity contribution is 0.0297. The molecule has 0 spiro atoms. The van der Waals surface area contributed by atoms with Crippen LogP contribution in [-0.2, 0) is 20.3 Å². The number of carbonyl (C=O) groups excluding carboxylic acids is 1. The smallest absolute Gasteiger partial charge is 0.274 e. The van der Waals surface area contributed by atoms with Gasteiger partial charge in [-0.1, -0.05) is 19.3 Å². The first-order valence-electron chi connectivity index (χ1n) is 12.3. The van der Waals surface area contributed by atoms with Crippen LogP contribution in [-0.4, -0.2) is 92.4 Å². The first kappa shape index (κ1) is 24.2. The Labute approximate surface area is 206 Å². The van der Waals surface area contributed by atoms with Crippen LogP contribution in [0.5, 0.6) is 5.88 Å². The van der Waals surface area contributed by atoms with Gasteiger partial charge < -0.3 is 19.3 Å². The summed E-state index contributed by atoms with van der Waals surface area (Å²) in [5, 5.41) is 4.82. The molecule has 2 aromatic rings. The number of amides is 1. The standard InChI is InChI=1S/C24H33N5O5S/c1-27(2)8-13-34-21-14-18-20(15-25-21)35(31,32)16-19-22(24(30)28-9-11-33-12-10-28)26-29(23(18)19)17-6-4-3-5-7-17/h14-15,17H,3-13,16H2,1-2H3. The zero-order chi connectivity index (χ0) is 24.6. The highest BCUT2D eigenvalue weighted by Gasteiger charge is 2.39. The Morgan fingerprint density at radius 2 is 1.94 bits per heavy atom. The summed E-state index contributed by atoms with van der Waals surface area (Å²) in [7, 11) is 0.228. The maximum Gasteiger partial charge on any atom is 0.274 e. The number of morpholine rings is 1. The number of likely N-dealkylation sites (N-methyl/N-ethyl adjacent to an activating group) is 1. The van der Waals surface area contributed by atoms with Crippen LogP contribution in [0.15, 0.2) is 17.2 Å². The third kappa shape index (κ3) is 4.81. The molecule has 0 unspecified atom stereocenters. The fourth-order valence-electron chi connectivity index (χ4n) is 5.11. The average Bonchev–Trinajstić information content (AvgIpc) is 3.23. The number of pyridine rings is 1. The molecule has 0 atom stereocenters. The van der Waals surface area contributed by atoms with Gasteiger partial charge in [0.05, 0.1) is 41.8 Å². The summed E-state index contributed by atoms with van der Waals surface area (Å²) in [5.74, 6) is -0.115. The van der Waals surface area contributed by atoms with E-state index < -0.39 is 9.84 Å². The minimum absolute atomic E-state index is 0.128. The lowest BCUT2D eigenvalue weighted by Gasteiger charge is -2.26. The van der Waals surface area contributed by atoms with Crippen LogP contribution < -0.4 is 4.74 Å². The monoisotopic (exact) mass is 503 g/mol. The quantitative estimate of drug-likeness (QED) is 0.590. The summed E-state index contributed by atoms with van der Waals surface area (Å²) in [5.41, 5.74) is 1.98. The molecule has 1 saturated carbocycles. The fourth-order valence-corrected chi connectivity index (χ4v) is 6.62. The normalized spacial score (nSPS) is 19.9. The van der Waals surface area contributed by atoms with Gasteiger partial charge in [-0.3, -0.25) is 9.48 Å². The first-order valence-corrected chi connectivity index (χ1v) is 14.0. The van der Waals surface area contributed by atoms with Gasteiger partial charge in [0.2, 0.25) is 5.88 Å². The Bertz CT molecular complexity index is 1200. The maximum atomic E-state index is 13.5. The highest BCUT2D eigenvalue weighted by atomic mass is 32.2. The third-order valence-corrected chi connectivity index (χ3v) is 8.65.